The van der Waals surface area contributed by atoms with Gasteiger partial charge in [-0.2, -0.15) is 4.98 Å². The van der Waals surface area contributed by atoms with Crippen molar-refractivity contribution in [2.75, 3.05) is 69.0 Å². The Bertz CT molecular complexity index is 1870. The fourth-order valence-electron chi connectivity index (χ4n) is 6.93. The van der Waals surface area contributed by atoms with E-state index in [2.05, 4.69) is 48.4 Å². The molecule has 8 rings (SSSR count). The van der Waals surface area contributed by atoms with Crippen LogP contribution in [0.1, 0.15) is 18.4 Å². The number of likely N-dealkylation sites (N-methyl/N-ethyl adjacent to an activating group) is 1. The molecule has 12 heteroatoms. The first kappa shape index (κ1) is 28.2. The summed E-state index contributed by atoms with van der Waals surface area (Å²) in [6.45, 7) is 8.35. The normalized spacial score (nSPS) is 20.5. The molecule has 45 heavy (non-hydrogen) atoms. The van der Waals surface area contributed by atoms with Crippen LogP contribution >= 0.6 is 11.3 Å². The van der Waals surface area contributed by atoms with E-state index in [1.165, 1.54) is 0 Å². The fraction of sp³-hybridized carbons (Fsp3) is 0.394. The second kappa shape index (κ2) is 11.6. The van der Waals surface area contributed by atoms with Gasteiger partial charge in [-0.1, -0.05) is 0 Å². The molecule has 11 nitrogen and oxygen atoms in total. The minimum Gasteiger partial charge on any atom is -0.494 e. The number of rotatable bonds is 6. The van der Waals surface area contributed by atoms with E-state index in [1.54, 1.807) is 30.8 Å². The highest BCUT2D eigenvalue weighted by Crippen LogP contribution is 2.45. The summed E-state index contributed by atoms with van der Waals surface area (Å²) in [5.41, 5.74) is 6.38. The number of anilines is 5. The molecule has 6 heterocycles. The Balaban J connectivity index is 1.05. The summed E-state index contributed by atoms with van der Waals surface area (Å²) in [7, 11) is 3.92. The Morgan fingerprint density at radius 2 is 1.80 bits per heavy atom. The van der Waals surface area contributed by atoms with Crippen molar-refractivity contribution in [3.63, 3.8) is 0 Å². The number of thiophene rings is 1. The average Bonchev–Trinajstić information content (AvgIpc) is 3.55. The zero-order valence-corrected chi connectivity index (χ0v) is 26.6. The molecular weight excluding hydrogens is 586 g/mol. The Hall–Kier alpha value is -4.26. The summed E-state index contributed by atoms with van der Waals surface area (Å²) in [5, 5.41) is 9.01. The molecule has 3 aliphatic heterocycles. The summed E-state index contributed by atoms with van der Waals surface area (Å²) >= 11 is 1.61. The van der Waals surface area contributed by atoms with Gasteiger partial charge in [-0.05, 0) is 50.4 Å². The number of aromatic nitrogens is 4. The van der Waals surface area contributed by atoms with Crippen LogP contribution in [0.2, 0.25) is 0 Å². The average molecular weight is 624 g/mol. The summed E-state index contributed by atoms with van der Waals surface area (Å²) in [4.78, 5) is 26.3. The Kier molecular flexibility index (Phi) is 7.27. The van der Waals surface area contributed by atoms with Crippen LogP contribution in [0.4, 0.5) is 28.8 Å². The largest absolute Gasteiger partial charge is 0.494 e. The maximum absolute atomic E-state index is 6.41. The van der Waals surface area contributed by atoms with Gasteiger partial charge in [0.2, 0.25) is 5.95 Å². The fourth-order valence-corrected chi connectivity index (χ4v) is 7.70. The molecule has 0 aliphatic carbocycles. The van der Waals surface area contributed by atoms with Crippen molar-refractivity contribution in [2.45, 2.75) is 31.8 Å². The van der Waals surface area contributed by atoms with Crippen molar-refractivity contribution in [3.05, 3.63) is 53.7 Å². The van der Waals surface area contributed by atoms with E-state index in [9.17, 15) is 0 Å². The van der Waals surface area contributed by atoms with E-state index in [-0.39, 0.29) is 0 Å². The van der Waals surface area contributed by atoms with Gasteiger partial charge in [0, 0.05) is 74.5 Å². The maximum Gasteiger partial charge on any atom is 0.229 e. The zero-order valence-electron chi connectivity index (χ0n) is 25.8. The van der Waals surface area contributed by atoms with Crippen molar-refractivity contribution in [1.29, 1.82) is 0 Å². The molecule has 2 unspecified atom stereocenters. The number of nitrogens with one attached hydrogen (secondary N) is 2. The number of aryl methyl sites for hydroxylation is 1. The number of fused-ring (bicyclic) bond motifs is 5. The van der Waals surface area contributed by atoms with E-state index < -0.39 is 0 Å². The second-order valence-electron chi connectivity index (χ2n) is 12.1. The molecule has 2 atom stereocenters. The molecule has 3 aromatic heterocycles. The van der Waals surface area contributed by atoms with Gasteiger partial charge in [0.1, 0.15) is 18.1 Å². The molecule has 0 amide bonds. The minimum atomic E-state index is 0.363. The highest BCUT2D eigenvalue weighted by molar-refractivity contribution is 7.17. The highest BCUT2D eigenvalue weighted by Gasteiger charge is 2.37. The van der Waals surface area contributed by atoms with Gasteiger partial charge >= 0.3 is 0 Å². The van der Waals surface area contributed by atoms with E-state index in [1.807, 2.05) is 36.6 Å². The van der Waals surface area contributed by atoms with E-state index >= 15 is 0 Å². The monoisotopic (exact) mass is 623 g/mol. The number of benzene rings is 2. The molecule has 0 spiro atoms. The Labute approximate surface area is 266 Å². The first-order chi connectivity index (χ1) is 22.0. The van der Waals surface area contributed by atoms with Gasteiger partial charge < -0.3 is 29.9 Å². The van der Waals surface area contributed by atoms with Crippen LogP contribution in [0.3, 0.4) is 0 Å². The molecular formula is C33H37N9O2S. The first-order valence-corrected chi connectivity index (χ1v) is 16.5. The minimum absolute atomic E-state index is 0.363. The number of nitrogens with zero attached hydrogens (tertiary/aromatic N) is 7. The van der Waals surface area contributed by atoms with Gasteiger partial charge in [0.05, 0.1) is 45.8 Å². The van der Waals surface area contributed by atoms with Crippen LogP contribution in [0.15, 0.2) is 48.1 Å². The third kappa shape index (κ3) is 5.26. The molecule has 0 bridgehead atoms. The first-order valence-electron chi connectivity index (χ1n) is 15.6. The molecule has 3 aliphatic rings. The van der Waals surface area contributed by atoms with Gasteiger partial charge in [0.25, 0.3) is 0 Å². The summed E-state index contributed by atoms with van der Waals surface area (Å²) < 4.78 is 13.3. The van der Waals surface area contributed by atoms with Gasteiger partial charge in [-0.3, -0.25) is 14.9 Å². The quantitative estimate of drug-likeness (QED) is 0.254. The Morgan fingerprint density at radius 1 is 0.933 bits per heavy atom. The summed E-state index contributed by atoms with van der Waals surface area (Å²) in [5.74, 6) is 2.78. The standard InChI is InChI=1S/C33H37N9O2S/c1-20-23(4-5-24-30(20)35-9-8-34-24)36-32-31-25(7-15-45-31)37-33(39-32)38-26-17-29-27(18-28(26)43-3)42-10-6-21(16-22(42)19-44-29)41-13-11-40(2)12-14-41/h4-5,7-9,15,17-18,21-22H,6,10-14,16,19H2,1-3H3,(H2,36,37,38,39). The lowest BCUT2D eigenvalue weighted by Crippen LogP contribution is -2.57. The van der Waals surface area contributed by atoms with Crippen LogP contribution in [0.25, 0.3) is 21.3 Å². The van der Waals surface area contributed by atoms with Gasteiger partial charge in [-0.25, -0.2) is 4.98 Å². The van der Waals surface area contributed by atoms with Crippen LogP contribution in [0, 0.1) is 6.92 Å². The zero-order chi connectivity index (χ0) is 30.5. The smallest absolute Gasteiger partial charge is 0.229 e. The van der Waals surface area contributed by atoms with Gasteiger partial charge in [-0.15, -0.1) is 11.3 Å². The molecule has 2 aromatic carbocycles. The third-order valence-electron chi connectivity index (χ3n) is 9.46. The molecule has 232 valence electrons. The topological polar surface area (TPSA) is 104 Å². The molecule has 2 saturated heterocycles. The van der Waals surface area contributed by atoms with Crippen LogP contribution in [-0.4, -0.2) is 95.3 Å². The number of piperazine rings is 1. The van der Waals surface area contributed by atoms with Crippen molar-refractivity contribution in [2.24, 2.45) is 0 Å². The number of piperidine rings is 1. The van der Waals surface area contributed by atoms with Crippen LogP contribution < -0.4 is 25.0 Å². The van der Waals surface area contributed by atoms with Crippen LogP contribution in [-0.2, 0) is 0 Å². The van der Waals surface area contributed by atoms with Crippen molar-refractivity contribution >= 4 is 61.4 Å². The molecule has 2 fully saturated rings. The number of methoxy groups -OCH3 is 1. The number of hydrogen-bond acceptors (Lipinski definition) is 12. The number of ether oxygens (including phenoxy) is 2. The van der Waals surface area contributed by atoms with E-state index in [4.69, 9.17) is 19.4 Å². The van der Waals surface area contributed by atoms with E-state index in [0.717, 1.165) is 107 Å². The molecule has 0 saturated carbocycles. The lowest BCUT2D eigenvalue weighted by atomic mass is 9.93. The maximum atomic E-state index is 6.41. The molecule has 0 radical (unpaired) electrons. The van der Waals surface area contributed by atoms with Crippen molar-refractivity contribution in [3.8, 4) is 11.5 Å². The molecule has 2 N–H and O–H groups in total. The van der Waals surface area contributed by atoms with Crippen LogP contribution in [0.5, 0.6) is 11.5 Å². The summed E-state index contributed by atoms with van der Waals surface area (Å²) in [6.07, 6.45) is 5.71. The van der Waals surface area contributed by atoms with Gasteiger partial charge in [0.15, 0.2) is 5.82 Å². The lowest BCUT2D eigenvalue weighted by molar-refractivity contribution is 0.0822. The molecule has 5 aromatic rings. The van der Waals surface area contributed by atoms with E-state index in [0.29, 0.717) is 24.6 Å². The SMILES string of the molecule is COc1cc2c(cc1Nc1nc(Nc3ccc4nccnc4c3C)c3sccc3n1)OCC1CC(N3CCN(C)CC3)CCN21. The predicted molar refractivity (Wildman–Crippen MR) is 180 cm³/mol. The predicted octanol–water partition coefficient (Wildman–Crippen LogP) is 5.42. The van der Waals surface area contributed by atoms with Crippen molar-refractivity contribution < 1.29 is 9.47 Å². The highest BCUT2D eigenvalue weighted by atomic mass is 32.1. The lowest BCUT2D eigenvalue weighted by Gasteiger charge is -2.48. The number of hydrogen-bond donors (Lipinski definition) is 2. The summed E-state index contributed by atoms with van der Waals surface area (Å²) in [6, 6.07) is 11.1. The van der Waals surface area contributed by atoms with Crippen molar-refractivity contribution in [1.82, 2.24) is 29.7 Å². The second-order valence-corrected chi connectivity index (χ2v) is 13.1. The third-order valence-corrected chi connectivity index (χ3v) is 10.4. The Morgan fingerprint density at radius 3 is 2.67 bits per heavy atom.